The van der Waals surface area contributed by atoms with Gasteiger partial charge in [0.05, 0.1) is 36.9 Å². The number of hydrogen-bond acceptors (Lipinski definition) is 9. The molecule has 12 heteroatoms. The van der Waals surface area contributed by atoms with E-state index in [4.69, 9.17) is 31.3 Å². The lowest BCUT2D eigenvalue weighted by Gasteiger charge is -2.39. The maximum absolute atomic E-state index is 11.9. The molecule has 1 saturated heterocycles. The van der Waals surface area contributed by atoms with E-state index in [2.05, 4.69) is 60.2 Å². The largest absolute Gasteiger partial charge is 0.350 e. The molecule has 1 aliphatic rings. The Balaban J connectivity index is 2.03. The number of ether oxygens (including phenoxy) is 1. The highest BCUT2D eigenvalue weighted by Gasteiger charge is 2.50. The predicted molar refractivity (Wildman–Crippen MR) is 150 cm³/mol. The van der Waals surface area contributed by atoms with Gasteiger partial charge in [0.25, 0.3) is 14.1 Å². The quantitative estimate of drug-likeness (QED) is 0.210. The van der Waals surface area contributed by atoms with E-state index >= 15 is 0 Å². The van der Waals surface area contributed by atoms with Crippen LogP contribution < -0.4 is 5.56 Å². The molecule has 0 spiro atoms. The first-order chi connectivity index (χ1) is 18.2. The molecule has 0 bridgehead atoms. The summed E-state index contributed by atoms with van der Waals surface area (Å²) >= 11 is 5.52. The minimum absolute atomic E-state index is 0.166. The SMILES string of the molecule is CC[C@H]1O[C@@H](n2ccc(=O)[nH]c2=S)C(N(C)Cc2ccccn2)[C@H]1OP(OCCC#N)N(C(C)C)C(C)C. The molecule has 2 aromatic rings. The summed E-state index contributed by atoms with van der Waals surface area (Å²) in [5.41, 5.74) is 0.650. The molecule has 0 saturated carbocycles. The second kappa shape index (κ2) is 14.4. The second-order valence-electron chi connectivity index (χ2n) is 9.83. The molecule has 2 unspecified atom stereocenters. The monoisotopic (exact) mass is 562 g/mol. The smallest absolute Gasteiger partial charge is 0.259 e. The molecule has 3 heterocycles. The average molecular weight is 563 g/mol. The van der Waals surface area contributed by atoms with Crippen molar-refractivity contribution in [1.29, 1.82) is 5.26 Å². The summed E-state index contributed by atoms with van der Waals surface area (Å²) in [5.74, 6) is 0. The lowest BCUT2D eigenvalue weighted by atomic mass is 10.0. The lowest BCUT2D eigenvalue weighted by Crippen LogP contribution is -2.46. The van der Waals surface area contributed by atoms with Gasteiger partial charge >= 0.3 is 0 Å². The topological polar surface area (TPSA) is 109 Å². The Morgan fingerprint density at radius 1 is 1.29 bits per heavy atom. The van der Waals surface area contributed by atoms with Crippen LogP contribution in [-0.2, 0) is 20.3 Å². The third-order valence-electron chi connectivity index (χ3n) is 6.36. The first kappa shape index (κ1) is 30.5. The van der Waals surface area contributed by atoms with Gasteiger partial charge in [-0.25, -0.2) is 4.67 Å². The highest BCUT2D eigenvalue weighted by Crippen LogP contribution is 2.51. The van der Waals surface area contributed by atoms with Crippen LogP contribution in [0.2, 0.25) is 0 Å². The zero-order chi connectivity index (χ0) is 27.8. The van der Waals surface area contributed by atoms with Crippen molar-refractivity contribution in [3.05, 3.63) is 57.5 Å². The molecular formula is C26H39N6O4PS. The Labute approximate surface area is 231 Å². The number of hydrogen-bond donors (Lipinski definition) is 1. The van der Waals surface area contributed by atoms with Gasteiger partial charge in [0.1, 0.15) is 6.10 Å². The van der Waals surface area contributed by atoms with Crippen molar-refractivity contribution in [3.63, 3.8) is 0 Å². The highest BCUT2D eigenvalue weighted by atomic mass is 32.1. The van der Waals surface area contributed by atoms with Gasteiger partial charge in [-0.05, 0) is 65.5 Å². The molecule has 5 atom stereocenters. The van der Waals surface area contributed by atoms with Crippen molar-refractivity contribution >= 4 is 20.7 Å². The normalized spacial score (nSPS) is 22.4. The van der Waals surface area contributed by atoms with Crippen LogP contribution in [0.4, 0.5) is 0 Å². The van der Waals surface area contributed by atoms with Crippen LogP contribution >= 0.6 is 20.7 Å². The van der Waals surface area contributed by atoms with Crippen LogP contribution in [0, 0.1) is 16.1 Å². The minimum Gasteiger partial charge on any atom is -0.350 e. The van der Waals surface area contributed by atoms with Gasteiger partial charge in [-0.3, -0.25) is 24.2 Å². The van der Waals surface area contributed by atoms with Gasteiger partial charge < -0.3 is 13.8 Å². The average Bonchev–Trinajstić information content (AvgIpc) is 3.22. The van der Waals surface area contributed by atoms with Crippen LogP contribution in [0.25, 0.3) is 0 Å². The maximum Gasteiger partial charge on any atom is 0.259 e. The first-order valence-electron chi connectivity index (χ1n) is 13.0. The van der Waals surface area contributed by atoms with Crippen molar-refractivity contribution in [2.45, 2.75) is 90.6 Å². The maximum atomic E-state index is 11.9. The fourth-order valence-electron chi connectivity index (χ4n) is 4.76. The molecule has 0 aliphatic carbocycles. The lowest BCUT2D eigenvalue weighted by molar-refractivity contribution is -0.0283. The number of nitriles is 1. The number of likely N-dealkylation sites (N-methyl/N-ethyl adjacent to an activating group) is 1. The Morgan fingerprint density at radius 3 is 2.61 bits per heavy atom. The van der Waals surface area contributed by atoms with Gasteiger partial charge in [0, 0.05) is 37.1 Å². The third-order valence-corrected chi connectivity index (χ3v) is 8.80. The Hall–Kier alpha value is -2.03. The molecule has 208 valence electrons. The van der Waals surface area contributed by atoms with Crippen LogP contribution in [0.3, 0.4) is 0 Å². The Morgan fingerprint density at radius 2 is 2.03 bits per heavy atom. The molecule has 1 aliphatic heterocycles. The van der Waals surface area contributed by atoms with Gasteiger partial charge in [0.15, 0.2) is 11.0 Å². The third kappa shape index (κ3) is 7.54. The summed E-state index contributed by atoms with van der Waals surface area (Å²) < 4.78 is 24.0. The number of nitrogens with zero attached hydrogens (tertiary/aromatic N) is 5. The molecule has 1 fully saturated rings. The van der Waals surface area contributed by atoms with Crippen LogP contribution in [0.5, 0.6) is 0 Å². The second-order valence-corrected chi connectivity index (χ2v) is 11.6. The van der Waals surface area contributed by atoms with Crippen LogP contribution in [0.1, 0.15) is 59.4 Å². The summed E-state index contributed by atoms with van der Waals surface area (Å²) in [6, 6.07) is 9.50. The van der Waals surface area contributed by atoms with Crippen molar-refractivity contribution in [2.75, 3.05) is 13.7 Å². The van der Waals surface area contributed by atoms with Crippen molar-refractivity contribution < 1.29 is 13.8 Å². The fourth-order valence-corrected chi connectivity index (χ4v) is 6.79. The molecule has 10 nitrogen and oxygen atoms in total. The summed E-state index contributed by atoms with van der Waals surface area (Å²) in [7, 11) is 0.512. The molecule has 3 rings (SSSR count). The Kier molecular flexibility index (Phi) is 11.5. The fraction of sp³-hybridized carbons (Fsp3) is 0.615. The van der Waals surface area contributed by atoms with E-state index in [-0.39, 0.29) is 53.7 Å². The van der Waals surface area contributed by atoms with Crippen LogP contribution in [-0.4, -0.2) is 68.1 Å². The molecule has 38 heavy (non-hydrogen) atoms. The molecule has 0 radical (unpaired) electrons. The number of rotatable bonds is 13. The first-order valence-corrected chi connectivity index (χ1v) is 14.5. The zero-order valence-electron chi connectivity index (χ0n) is 23.0. The number of aromatic amines is 1. The molecular weight excluding hydrogens is 523 g/mol. The predicted octanol–water partition coefficient (Wildman–Crippen LogP) is 4.77. The van der Waals surface area contributed by atoms with Gasteiger partial charge in [0.2, 0.25) is 0 Å². The number of aromatic nitrogens is 3. The zero-order valence-corrected chi connectivity index (χ0v) is 24.7. The molecule has 0 amide bonds. The van der Waals surface area contributed by atoms with E-state index in [9.17, 15) is 4.79 Å². The number of nitrogens with one attached hydrogen (secondary N) is 1. The van der Waals surface area contributed by atoms with Crippen molar-refractivity contribution in [1.82, 2.24) is 24.1 Å². The summed E-state index contributed by atoms with van der Waals surface area (Å²) in [4.78, 5) is 21.3. The van der Waals surface area contributed by atoms with E-state index in [1.807, 2.05) is 25.2 Å². The number of H-pyrrole nitrogens is 1. The van der Waals surface area contributed by atoms with Gasteiger partial charge in [-0.15, -0.1) is 0 Å². The van der Waals surface area contributed by atoms with E-state index in [1.54, 1.807) is 17.0 Å². The molecule has 1 N–H and O–H groups in total. The standard InChI is InChI=1S/C26H39N6O4PS/c1-7-21-24(36-37(34-16-10-13-27)32(18(2)3)19(4)5)23(30(6)17-20-11-8-9-14-28-20)25(35-21)31-15-12-22(33)29-26(31)38/h8-9,11-12,14-15,18-19,21,23-25H,7,10,16-17H2,1-6H3,(H,29,33,38)/t21-,23?,24+,25-,37?/m1/s1. The number of pyridine rings is 1. The van der Waals surface area contributed by atoms with Crippen molar-refractivity contribution in [3.8, 4) is 6.07 Å². The van der Waals surface area contributed by atoms with E-state index in [1.165, 1.54) is 6.07 Å². The van der Waals surface area contributed by atoms with E-state index in [0.717, 1.165) is 5.69 Å². The highest BCUT2D eigenvalue weighted by molar-refractivity contribution is 7.71. The van der Waals surface area contributed by atoms with Gasteiger partial charge in [-0.2, -0.15) is 5.26 Å². The Bertz CT molecular complexity index is 1160. The molecule has 2 aromatic heterocycles. The van der Waals surface area contributed by atoms with Crippen LogP contribution in [0.15, 0.2) is 41.5 Å². The summed E-state index contributed by atoms with van der Waals surface area (Å²) in [6.45, 7) is 11.4. The summed E-state index contributed by atoms with van der Waals surface area (Å²) in [5, 5.41) is 9.11. The molecule has 0 aromatic carbocycles. The van der Waals surface area contributed by atoms with E-state index in [0.29, 0.717) is 13.0 Å². The van der Waals surface area contributed by atoms with Gasteiger partial charge in [-0.1, -0.05) is 13.0 Å². The van der Waals surface area contributed by atoms with E-state index < -0.39 is 14.8 Å². The minimum atomic E-state index is -1.50. The summed E-state index contributed by atoms with van der Waals surface area (Å²) in [6.07, 6.45) is 3.29. The van der Waals surface area contributed by atoms with Crippen molar-refractivity contribution in [2.24, 2.45) is 0 Å².